The SMILES string of the molecule is Cc1ccc(CO)c2c(O)c3c(c(O)c12)C(=O)C=CC3(C)C. The van der Waals surface area contributed by atoms with Crippen molar-refractivity contribution in [2.75, 3.05) is 0 Å². The second-order valence-electron chi connectivity index (χ2n) is 6.32. The third kappa shape index (κ3) is 1.77. The summed E-state index contributed by atoms with van der Waals surface area (Å²) in [6, 6.07) is 3.48. The van der Waals surface area contributed by atoms with E-state index in [0.29, 0.717) is 21.9 Å². The van der Waals surface area contributed by atoms with E-state index in [1.165, 1.54) is 6.08 Å². The highest BCUT2D eigenvalue weighted by atomic mass is 16.3. The Hall–Kier alpha value is -2.33. The molecule has 2 aromatic carbocycles. The zero-order chi connectivity index (χ0) is 16.2. The van der Waals surface area contributed by atoms with Crippen molar-refractivity contribution in [2.24, 2.45) is 0 Å². The van der Waals surface area contributed by atoms with Gasteiger partial charge in [0.25, 0.3) is 0 Å². The molecule has 0 aliphatic heterocycles. The first-order valence-corrected chi connectivity index (χ1v) is 7.14. The van der Waals surface area contributed by atoms with Gasteiger partial charge in [-0.3, -0.25) is 4.79 Å². The highest BCUT2D eigenvalue weighted by Crippen LogP contribution is 2.49. The van der Waals surface area contributed by atoms with Crippen LogP contribution < -0.4 is 0 Å². The highest BCUT2D eigenvalue weighted by Gasteiger charge is 2.35. The Morgan fingerprint density at radius 3 is 2.41 bits per heavy atom. The molecule has 0 saturated heterocycles. The molecule has 0 unspecified atom stereocenters. The average Bonchev–Trinajstić information content (AvgIpc) is 2.46. The van der Waals surface area contributed by atoms with Crippen molar-refractivity contribution in [2.45, 2.75) is 32.8 Å². The van der Waals surface area contributed by atoms with E-state index in [1.54, 1.807) is 25.1 Å². The summed E-state index contributed by atoms with van der Waals surface area (Å²) in [6.45, 7) is 5.28. The quantitative estimate of drug-likeness (QED) is 0.707. The minimum atomic E-state index is -0.588. The Balaban J connectivity index is 2.61. The lowest BCUT2D eigenvalue weighted by Gasteiger charge is -2.30. The first kappa shape index (κ1) is 14.6. The third-order valence-electron chi connectivity index (χ3n) is 4.41. The van der Waals surface area contributed by atoms with Crippen LogP contribution in [-0.4, -0.2) is 21.1 Å². The molecule has 4 heteroatoms. The normalized spacial score (nSPS) is 16.1. The summed E-state index contributed by atoms with van der Waals surface area (Å²) < 4.78 is 0. The Bertz CT molecular complexity index is 844. The van der Waals surface area contributed by atoms with Crippen molar-refractivity contribution in [3.8, 4) is 11.5 Å². The largest absolute Gasteiger partial charge is 0.507 e. The van der Waals surface area contributed by atoms with Crippen LogP contribution in [0.15, 0.2) is 24.3 Å². The first-order valence-electron chi connectivity index (χ1n) is 7.14. The van der Waals surface area contributed by atoms with Crippen molar-refractivity contribution in [3.05, 3.63) is 46.5 Å². The van der Waals surface area contributed by atoms with E-state index in [0.717, 1.165) is 5.56 Å². The van der Waals surface area contributed by atoms with Gasteiger partial charge in [-0.2, -0.15) is 0 Å². The number of aromatic hydroxyl groups is 2. The summed E-state index contributed by atoms with van der Waals surface area (Å²) in [5.41, 5.74) is 1.23. The van der Waals surface area contributed by atoms with Gasteiger partial charge in [0, 0.05) is 21.8 Å². The lowest BCUT2D eigenvalue weighted by Crippen LogP contribution is -2.23. The molecular weight excluding hydrogens is 280 g/mol. The van der Waals surface area contributed by atoms with Crippen molar-refractivity contribution in [3.63, 3.8) is 0 Å². The van der Waals surface area contributed by atoms with E-state index >= 15 is 0 Å². The molecule has 0 spiro atoms. The van der Waals surface area contributed by atoms with Gasteiger partial charge in [-0.05, 0) is 24.1 Å². The van der Waals surface area contributed by atoms with Gasteiger partial charge in [0.15, 0.2) is 5.78 Å². The average molecular weight is 298 g/mol. The van der Waals surface area contributed by atoms with Gasteiger partial charge in [-0.15, -0.1) is 0 Å². The molecule has 22 heavy (non-hydrogen) atoms. The molecule has 0 atom stereocenters. The molecule has 0 radical (unpaired) electrons. The number of phenolic OH excluding ortho intramolecular Hbond substituents is 2. The predicted octanol–water partition coefficient (Wildman–Crippen LogP) is 3.08. The maximum absolute atomic E-state index is 12.2. The molecular formula is C18H18O4. The van der Waals surface area contributed by atoms with Crippen LogP contribution in [0.2, 0.25) is 0 Å². The summed E-state index contributed by atoms with van der Waals surface area (Å²) in [7, 11) is 0. The summed E-state index contributed by atoms with van der Waals surface area (Å²) >= 11 is 0. The van der Waals surface area contributed by atoms with E-state index in [9.17, 15) is 20.1 Å². The molecule has 3 N–H and O–H groups in total. The standard InChI is InChI=1S/C18H18O4/c1-9-4-5-10(8-19)13-12(9)16(21)14-11(20)6-7-18(2,3)15(14)17(13)22/h4-7,19,21-22H,8H2,1-3H3. The number of hydrogen-bond acceptors (Lipinski definition) is 4. The number of hydrogen-bond donors (Lipinski definition) is 3. The summed E-state index contributed by atoms with van der Waals surface area (Å²) in [4.78, 5) is 12.2. The minimum absolute atomic E-state index is 0.0433. The lowest BCUT2D eigenvalue weighted by molar-refractivity contribution is 0.103. The van der Waals surface area contributed by atoms with E-state index in [1.807, 2.05) is 13.8 Å². The fourth-order valence-corrected chi connectivity index (χ4v) is 3.26. The smallest absolute Gasteiger partial charge is 0.189 e. The molecule has 0 heterocycles. The van der Waals surface area contributed by atoms with Crippen LogP contribution in [0.25, 0.3) is 10.8 Å². The Morgan fingerprint density at radius 1 is 1.09 bits per heavy atom. The van der Waals surface area contributed by atoms with Gasteiger partial charge >= 0.3 is 0 Å². The molecule has 0 saturated carbocycles. The molecule has 1 aliphatic rings. The van der Waals surface area contributed by atoms with Crippen molar-refractivity contribution in [1.29, 1.82) is 0 Å². The van der Waals surface area contributed by atoms with Crippen molar-refractivity contribution < 1.29 is 20.1 Å². The van der Waals surface area contributed by atoms with Gasteiger partial charge in [-0.25, -0.2) is 0 Å². The number of fused-ring (bicyclic) bond motifs is 2. The number of carbonyl (C=O) groups excluding carboxylic acids is 1. The topological polar surface area (TPSA) is 77.8 Å². The maximum Gasteiger partial charge on any atom is 0.189 e. The van der Waals surface area contributed by atoms with Gasteiger partial charge in [0.1, 0.15) is 11.5 Å². The zero-order valence-electron chi connectivity index (χ0n) is 12.8. The van der Waals surface area contributed by atoms with Crippen LogP contribution in [0.3, 0.4) is 0 Å². The number of carbonyl (C=O) groups is 1. The van der Waals surface area contributed by atoms with Crippen LogP contribution in [0.5, 0.6) is 11.5 Å². The molecule has 4 nitrogen and oxygen atoms in total. The van der Waals surface area contributed by atoms with Crippen LogP contribution in [0, 0.1) is 6.92 Å². The number of benzene rings is 2. The fraction of sp³-hybridized carbons (Fsp3) is 0.278. The first-order chi connectivity index (χ1) is 10.3. The van der Waals surface area contributed by atoms with Gasteiger partial charge in [-0.1, -0.05) is 32.1 Å². The van der Waals surface area contributed by atoms with E-state index in [-0.39, 0.29) is 29.5 Å². The molecule has 0 bridgehead atoms. The zero-order valence-corrected chi connectivity index (χ0v) is 12.8. The Morgan fingerprint density at radius 2 is 1.77 bits per heavy atom. The number of ketones is 1. The van der Waals surface area contributed by atoms with Crippen LogP contribution in [0.4, 0.5) is 0 Å². The van der Waals surface area contributed by atoms with Gasteiger partial charge < -0.3 is 15.3 Å². The van der Waals surface area contributed by atoms with Crippen molar-refractivity contribution in [1.82, 2.24) is 0 Å². The van der Waals surface area contributed by atoms with Gasteiger partial charge in [0.05, 0.1) is 12.2 Å². The van der Waals surface area contributed by atoms with E-state index in [4.69, 9.17) is 0 Å². The number of aliphatic hydroxyl groups excluding tert-OH is 1. The van der Waals surface area contributed by atoms with Crippen LogP contribution >= 0.6 is 0 Å². The molecule has 0 amide bonds. The number of rotatable bonds is 1. The molecule has 1 aliphatic carbocycles. The Labute approximate surface area is 128 Å². The summed E-state index contributed by atoms with van der Waals surface area (Å²) in [5, 5.41) is 31.9. The molecule has 114 valence electrons. The second-order valence-corrected chi connectivity index (χ2v) is 6.32. The molecule has 2 aromatic rings. The number of aliphatic hydroxyl groups is 1. The second kappa shape index (κ2) is 4.58. The van der Waals surface area contributed by atoms with E-state index < -0.39 is 5.41 Å². The van der Waals surface area contributed by atoms with Gasteiger partial charge in [0.2, 0.25) is 0 Å². The Kier molecular flexibility index (Phi) is 3.04. The summed E-state index contributed by atoms with van der Waals surface area (Å²) in [6.07, 6.45) is 3.15. The number of allylic oxidation sites excluding steroid dienone is 2. The molecule has 0 fully saturated rings. The number of phenols is 2. The summed E-state index contributed by atoms with van der Waals surface area (Å²) in [5.74, 6) is -0.492. The van der Waals surface area contributed by atoms with Crippen LogP contribution in [-0.2, 0) is 12.0 Å². The monoisotopic (exact) mass is 298 g/mol. The molecule has 0 aromatic heterocycles. The highest BCUT2D eigenvalue weighted by molar-refractivity contribution is 6.15. The lowest BCUT2D eigenvalue weighted by atomic mass is 9.74. The molecule has 3 rings (SSSR count). The maximum atomic E-state index is 12.2. The fourth-order valence-electron chi connectivity index (χ4n) is 3.26. The minimum Gasteiger partial charge on any atom is -0.507 e. The van der Waals surface area contributed by atoms with Crippen molar-refractivity contribution >= 4 is 16.6 Å². The number of aryl methyl sites for hydroxylation is 1. The van der Waals surface area contributed by atoms with Crippen LogP contribution in [0.1, 0.15) is 40.9 Å². The predicted molar refractivity (Wildman–Crippen MR) is 84.4 cm³/mol. The third-order valence-corrected chi connectivity index (χ3v) is 4.41. The van der Waals surface area contributed by atoms with E-state index in [2.05, 4.69) is 0 Å².